The number of nitrogens with zero attached hydrogens (tertiary/aromatic N) is 1. The third kappa shape index (κ3) is 7.87. The second kappa shape index (κ2) is 12.0. The molecular formula is C28H39N3O6. The minimum absolute atomic E-state index is 0.130. The Balaban J connectivity index is 2.52. The topological polar surface area (TPSA) is 117 Å². The van der Waals surface area contributed by atoms with Crippen LogP contribution >= 0.6 is 0 Å². The Kier molecular flexibility index (Phi) is 9.55. The van der Waals surface area contributed by atoms with Crippen LogP contribution in [0, 0.1) is 0 Å². The molecule has 9 heteroatoms. The van der Waals surface area contributed by atoms with Gasteiger partial charge in [0.1, 0.15) is 29.2 Å². The third-order valence-electron chi connectivity index (χ3n) is 5.95. The highest BCUT2D eigenvalue weighted by Gasteiger charge is 2.43. The molecule has 0 aliphatic carbocycles. The van der Waals surface area contributed by atoms with E-state index >= 15 is 0 Å². The molecule has 0 aliphatic heterocycles. The molecule has 0 aliphatic rings. The largest absolute Gasteiger partial charge is 0.508 e. The Morgan fingerprint density at radius 2 is 1.59 bits per heavy atom. The molecule has 0 aromatic heterocycles. The Hall–Kier alpha value is -3.75. The Morgan fingerprint density at radius 3 is 2.11 bits per heavy atom. The van der Waals surface area contributed by atoms with Crippen LogP contribution in [-0.2, 0) is 14.3 Å². The van der Waals surface area contributed by atoms with Crippen molar-refractivity contribution in [3.05, 3.63) is 54.1 Å². The van der Waals surface area contributed by atoms with Gasteiger partial charge in [-0.25, -0.2) is 4.79 Å². The van der Waals surface area contributed by atoms with Crippen molar-refractivity contribution in [3.8, 4) is 11.5 Å². The van der Waals surface area contributed by atoms with Crippen LogP contribution in [0.5, 0.6) is 11.5 Å². The van der Waals surface area contributed by atoms with Crippen LogP contribution in [0.15, 0.2) is 48.5 Å². The summed E-state index contributed by atoms with van der Waals surface area (Å²) in [5.74, 6) is -0.530. The Morgan fingerprint density at radius 1 is 1.00 bits per heavy atom. The van der Waals surface area contributed by atoms with Crippen LogP contribution in [0.2, 0.25) is 0 Å². The third-order valence-corrected chi connectivity index (χ3v) is 5.95. The van der Waals surface area contributed by atoms with E-state index in [9.17, 15) is 19.5 Å². The van der Waals surface area contributed by atoms with Crippen molar-refractivity contribution >= 4 is 23.6 Å². The van der Waals surface area contributed by atoms with Crippen molar-refractivity contribution in [1.82, 2.24) is 10.2 Å². The molecule has 0 radical (unpaired) electrons. The van der Waals surface area contributed by atoms with Crippen molar-refractivity contribution < 1.29 is 29.0 Å². The van der Waals surface area contributed by atoms with Gasteiger partial charge in [0.25, 0.3) is 5.91 Å². The molecule has 2 atom stereocenters. The molecule has 202 valence electrons. The maximum Gasteiger partial charge on any atom is 0.408 e. The van der Waals surface area contributed by atoms with E-state index in [-0.39, 0.29) is 11.3 Å². The van der Waals surface area contributed by atoms with Gasteiger partial charge in [0.2, 0.25) is 5.91 Å². The highest BCUT2D eigenvalue weighted by atomic mass is 16.6. The fourth-order valence-electron chi connectivity index (χ4n) is 3.70. The number of benzene rings is 2. The van der Waals surface area contributed by atoms with E-state index in [0.717, 1.165) is 0 Å². The number of aromatic hydroxyl groups is 1. The molecule has 0 saturated heterocycles. The van der Waals surface area contributed by atoms with Crippen LogP contribution in [0.25, 0.3) is 0 Å². The van der Waals surface area contributed by atoms with Crippen LogP contribution in [-0.4, -0.2) is 52.2 Å². The number of methoxy groups -OCH3 is 1. The van der Waals surface area contributed by atoms with Crippen molar-refractivity contribution in [2.75, 3.05) is 12.4 Å². The lowest BCUT2D eigenvalue weighted by atomic mass is 9.91. The summed E-state index contributed by atoms with van der Waals surface area (Å²) >= 11 is 0. The molecule has 9 nitrogen and oxygen atoms in total. The maximum absolute atomic E-state index is 13.9. The van der Waals surface area contributed by atoms with Gasteiger partial charge in [0.05, 0.1) is 7.11 Å². The molecular weight excluding hydrogens is 474 g/mol. The number of hydrogen-bond donors (Lipinski definition) is 3. The summed E-state index contributed by atoms with van der Waals surface area (Å²) in [4.78, 5) is 41.5. The predicted octanol–water partition coefficient (Wildman–Crippen LogP) is 5.01. The SMILES string of the molecule is CCC(C)(C)N(C(=O)C(C)NC(=O)OC(C)(C)C)C(C(=O)Nc1ccc(OC)cc1)c1ccccc1O. The summed E-state index contributed by atoms with van der Waals surface area (Å²) in [6, 6.07) is 11.0. The normalized spacial score (nSPS) is 13.2. The summed E-state index contributed by atoms with van der Waals surface area (Å²) in [6.07, 6.45) is -0.248. The molecule has 0 fully saturated rings. The second-order valence-corrected chi connectivity index (χ2v) is 10.4. The van der Waals surface area contributed by atoms with Crippen molar-refractivity contribution in [2.24, 2.45) is 0 Å². The van der Waals surface area contributed by atoms with Gasteiger partial charge in [-0.15, -0.1) is 0 Å². The maximum atomic E-state index is 13.9. The van der Waals surface area contributed by atoms with Crippen molar-refractivity contribution in [1.29, 1.82) is 0 Å². The molecule has 0 spiro atoms. The number of nitrogens with one attached hydrogen (secondary N) is 2. The quantitative estimate of drug-likeness (QED) is 0.434. The lowest BCUT2D eigenvalue weighted by Crippen LogP contribution is -2.58. The number of carbonyl (C=O) groups is 3. The molecule has 37 heavy (non-hydrogen) atoms. The van der Waals surface area contributed by atoms with Gasteiger partial charge in [-0.3, -0.25) is 9.59 Å². The molecule has 0 saturated carbocycles. The average molecular weight is 514 g/mol. The van der Waals surface area contributed by atoms with E-state index in [2.05, 4.69) is 10.6 Å². The van der Waals surface area contributed by atoms with Gasteiger partial charge in [0.15, 0.2) is 0 Å². The van der Waals surface area contributed by atoms with Gasteiger partial charge in [-0.2, -0.15) is 0 Å². The number of anilines is 1. The van der Waals surface area contributed by atoms with Crippen molar-refractivity contribution in [2.45, 2.75) is 78.1 Å². The summed E-state index contributed by atoms with van der Waals surface area (Å²) in [6.45, 7) is 12.3. The number of phenols is 1. The molecule has 0 heterocycles. The average Bonchev–Trinajstić information content (AvgIpc) is 2.81. The fraction of sp³-hybridized carbons (Fsp3) is 0.464. The van der Waals surface area contributed by atoms with E-state index in [1.54, 1.807) is 70.3 Å². The zero-order chi connectivity index (χ0) is 28.0. The number of alkyl carbamates (subject to hydrolysis) is 1. The highest BCUT2D eigenvalue weighted by Crippen LogP contribution is 2.36. The van der Waals surface area contributed by atoms with Crippen molar-refractivity contribution in [3.63, 3.8) is 0 Å². The molecule has 2 aromatic rings. The number of amides is 3. The number of carbonyl (C=O) groups excluding carboxylic acids is 3. The van der Waals surface area contributed by atoms with Gasteiger partial charge in [-0.1, -0.05) is 25.1 Å². The van der Waals surface area contributed by atoms with Crippen LogP contribution < -0.4 is 15.4 Å². The van der Waals surface area contributed by atoms with E-state index in [4.69, 9.17) is 9.47 Å². The molecule has 3 amide bonds. The summed E-state index contributed by atoms with van der Waals surface area (Å²) < 4.78 is 10.5. The van der Waals surface area contributed by atoms with E-state index in [1.165, 1.54) is 17.9 Å². The summed E-state index contributed by atoms with van der Waals surface area (Å²) in [5, 5.41) is 16.1. The minimum Gasteiger partial charge on any atom is -0.508 e. The first kappa shape index (κ1) is 29.5. The standard InChI is InChI=1S/C28H39N3O6/c1-9-28(6,7)31(25(34)18(2)29-26(35)37-27(3,4)5)23(21-12-10-11-13-22(21)32)24(33)30-19-14-16-20(36-8)17-15-19/h10-18,23,32H,9H2,1-8H3,(H,29,35)(H,30,33). The lowest BCUT2D eigenvalue weighted by Gasteiger charge is -2.44. The molecule has 2 aromatic carbocycles. The van der Waals surface area contributed by atoms with E-state index in [1.807, 2.05) is 20.8 Å². The van der Waals surface area contributed by atoms with E-state index < -0.39 is 41.1 Å². The molecule has 0 bridgehead atoms. The lowest BCUT2D eigenvalue weighted by molar-refractivity contribution is -0.147. The predicted molar refractivity (Wildman–Crippen MR) is 143 cm³/mol. The number of para-hydroxylation sites is 1. The molecule has 2 rings (SSSR count). The first-order valence-corrected chi connectivity index (χ1v) is 12.3. The smallest absolute Gasteiger partial charge is 0.408 e. The van der Waals surface area contributed by atoms with Crippen LogP contribution in [0.4, 0.5) is 10.5 Å². The van der Waals surface area contributed by atoms with Crippen LogP contribution in [0.1, 0.15) is 66.5 Å². The van der Waals surface area contributed by atoms with Gasteiger partial charge >= 0.3 is 6.09 Å². The number of rotatable bonds is 9. The van der Waals surface area contributed by atoms with Gasteiger partial charge in [-0.05, 0) is 78.3 Å². The zero-order valence-corrected chi connectivity index (χ0v) is 22.9. The van der Waals surface area contributed by atoms with Gasteiger partial charge < -0.3 is 30.1 Å². The summed E-state index contributed by atoms with van der Waals surface area (Å²) in [7, 11) is 1.55. The Labute approximate surface area is 219 Å². The number of ether oxygens (including phenoxy) is 2. The van der Waals surface area contributed by atoms with Crippen LogP contribution in [0.3, 0.4) is 0 Å². The molecule has 2 unspecified atom stereocenters. The number of hydrogen-bond acceptors (Lipinski definition) is 6. The first-order valence-electron chi connectivity index (χ1n) is 12.3. The minimum atomic E-state index is -1.20. The summed E-state index contributed by atoms with van der Waals surface area (Å²) in [5.41, 5.74) is -0.822. The zero-order valence-electron chi connectivity index (χ0n) is 22.9. The molecule has 3 N–H and O–H groups in total. The second-order valence-electron chi connectivity index (χ2n) is 10.4. The fourth-order valence-corrected chi connectivity index (χ4v) is 3.70. The Bertz CT molecular complexity index is 1090. The monoisotopic (exact) mass is 513 g/mol. The van der Waals surface area contributed by atoms with Gasteiger partial charge in [0, 0.05) is 16.8 Å². The first-order chi connectivity index (χ1) is 17.2. The number of phenolic OH excluding ortho intramolecular Hbond substituents is 1. The highest BCUT2D eigenvalue weighted by molar-refractivity contribution is 5.99. The van der Waals surface area contributed by atoms with E-state index in [0.29, 0.717) is 17.9 Å².